The zero-order chi connectivity index (χ0) is 18.6. The molecule has 4 nitrogen and oxygen atoms in total. The van der Waals surface area contributed by atoms with Gasteiger partial charge < -0.3 is 16.0 Å². The number of amides is 1. The van der Waals surface area contributed by atoms with Crippen molar-refractivity contribution < 1.29 is 18.0 Å². The first-order valence-electron chi connectivity index (χ1n) is 6.97. The van der Waals surface area contributed by atoms with Crippen molar-refractivity contribution in [2.45, 2.75) is 13.1 Å². The van der Waals surface area contributed by atoms with E-state index in [9.17, 15) is 18.0 Å². The van der Waals surface area contributed by atoms with Gasteiger partial charge in [0.15, 0.2) is 5.11 Å². The van der Waals surface area contributed by atoms with Gasteiger partial charge in [0.1, 0.15) is 0 Å². The predicted molar refractivity (Wildman–Crippen MR) is 97.0 cm³/mol. The van der Waals surface area contributed by atoms with E-state index >= 15 is 0 Å². The second kappa shape index (κ2) is 7.71. The smallest absolute Gasteiger partial charge is 0.332 e. The molecular weight excluding hydrogens is 375 g/mol. The normalized spacial score (nSPS) is 10.9. The molecule has 0 fully saturated rings. The Balaban J connectivity index is 2.06. The summed E-state index contributed by atoms with van der Waals surface area (Å²) in [6.07, 6.45) is -4.48. The summed E-state index contributed by atoms with van der Waals surface area (Å²) in [5.41, 5.74) is 0.415. The Morgan fingerprint density at radius 2 is 1.56 bits per heavy atom. The maximum absolute atomic E-state index is 12.8. The summed E-state index contributed by atoms with van der Waals surface area (Å²) in [7, 11) is 0. The third-order valence-corrected chi connectivity index (χ3v) is 3.54. The molecule has 0 bridgehead atoms. The fraction of sp³-hybridized carbons (Fsp3) is 0.125. The van der Waals surface area contributed by atoms with Crippen molar-refractivity contribution in [1.82, 2.24) is 0 Å². The van der Waals surface area contributed by atoms with Crippen LogP contribution in [0.25, 0.3) is 0 Å². The van der Waals surface area contributed by atoms with Crippen molar-refractivity contribution in [3.05, 3.63) is 53.1 Å². The molecule has 0 aliphatic heterocycles. The molecule has 0 saturated heterocycles. The maximum Gasteiger partial charge on any atom is 0.416 e. The van der Waals surface area contributed by atoms with Gasteiger partial charge >= 0.3 is 6.18 Å². The Morgan fingerprint density at radius 3 is 2.08 bits per heavy atom. The van der Waals surface area contributed by atoms with E-state index in [2.05, 4.69) is 16.0 Å². The Bertz CT molecular complexity index is 794. The van der Waals surface area contributed by atoms with Crippen LogP contribution in [0.1, 0.15) is 12.5 Å². The fourth-order valence-corrected chi connectivity index (χ4v) is 2.31. The molecule has 0 saturated carbocycles. The summed E-state index contributed by atoms with van der Waals surface area (Å²) in [4.78, 5) is 11.0. The standard InChI is InChI=1S/C16H13ClF3N3OS/c1-9(24)21-11-3-5-12(6-4-11)22-15(25)23-14-8-10(16(18,19)20)2-7-13(14)17/h2-8H,1H3,(H,21,24)(H2,22,23,25). The second-order valence-corrected chi connectivity index (χ2v) is 5.85. The zero-order valence-corrected chi connectivity index (χ0v) is 14.4. The zero-order valence-electron chi connectivity index (χ0n) is 12.9. The van der Waals surface area contributed by atoms with Crippen molar-refractivity contribution in [1.29, 1.82) is 0 Å². The van der Waals surface area contributed by atoms with Crippen LogP contribution in [0.3, 0.4) is 0 Å². The van der Waals surface area contributed by atoms with E-state index in [1.165, 1.54) is 6.92 Å². The lowest BCUT2D eigenvalue weighted by Gasteiger charge is -2.14. The fourth-order valence-electron chi connectivity index (χ4n) is 1.92. The van der Waals surface area contributed by atoms with Crippen LogP contribution in [0.4, 0.5) is 30.2 Å². The number of hydrogen-bond donors (Lipinski definition) is 3. The third kappa shape index (κ3) is 5.61. The minimum atomic E-state index is -4.48. The average molecular weight is 388 g/mol. The van der Waals surface area contributed by atoms with E-state index in [1.807, 2.05) is 0 Å². The number of carbonyl (C=O) groups excluding carboxylic acids is 1. The van der Waals surface area contributed by atoms with Crippen molar-refractivity contribution in [2.75, 3.05) is 16.0 Å². The van der Waals surface area contributed by atoms with Crippen LogP contribution in [-0.2, 0) is 11.0 Å². The minimum absolute atomic E-state index is 0.0452. The molecule has 0 aliphatic carbocycles. The number of benzene rings is 2. The summed E-state index contributed by atoms with van der Waals surface area (Å²) in [5.74, 6) is -0.197. The molecule has 0 radical (unpaired) electrons. The van der Waals surface area contributed by atoms with Crippen molar-refractivity contribution in [3.63, 3.8) is 0 Å². The summed E-state index contributed by atoms with van der Waals surface area (Å²) < 4.78 is 38.3. The van der Waals surface area contributed by atoms with E-state index < -0.39 is 11.7 Å². The van der Waals surface area contributed by atoms with Crippen LogP contribution < -0.4 is 16.0 Å². The number of thiocarbonyl (C=S) groups is 1. The molecule has 0 unspecified atom stereocenters. The van der Waals surface area contributed by atoms with Gasteiger partial charge in [-0.05, 0) is 54.7 Å². The molecule has 2 aromatic rings. The van der Waals surface area contributed by atoms with Crippen molar-refractivity contribution in [3.8, 4) is 0 Å². The number of rotatable bonds is 3. The van der Waals surface area contributed by atoms with Gasteiger partial charge in [-0.1, -0.05) is 11.6 Å². The molecular formula is C16H13ClF3N3OS. The number of alkyl halides is 3. The highest BCUT2D eigenvalue weighted by Crippen LogP contribution is 2.33. The Hall–Kier alpha value is -2.32. The molecule has 2 aromatic carbocycles. The summed E-state index contributed by atoms with van der Waals surface area (Å²) >= 11 is 11.0. The quantitative estimate of drug-likeness (QED) is 0.639. The molecule has 132 valence electrons. The molecule has 0 heterocycles. The minimum Gasteiger partial charge on any atom is -0.332 e. The van der Waals surface area contributed by atoms with Crippen LogP contribution in [0.15, 0.2) is 42.5 Å². The van der Waals surface area contributed by atoms with Gasteiger partial charge in [0.2, 0.25) is 5.91 Å². The number of nitrogens with one attached hydrogen (secondary N) is 3. The molecule has 0 aliphatic rings. The predicted octanol–water partition coefficient (Wildman–Crippen LogP) is 5.13. The Labute approximate surface area is 152 Å². The van der Waals surface area contributed by atoms with E-state index in [0.29, 0.717) is 11.4 Å². The summed E-state index contributed by atoms with van der Waals surface area (Å²) in [6, 6.07) is 9.56. The van der Waals surface area contributed by atoms with Gasteiger partial charge in [0.25, 0.3) is 0 Å². The first kappa shape index (κ1) is 19.0. The lowest BCUT2D eigenvalue weighted by atomic mass is 10.2. The van der Waals surface area contributed by atoms with Gasteiger partial charge in [-0.3, -0.25) is 4.79 Å². The van der Waals surface area contributed by atoms with E-state index in [-0.39, 0.29) is 21.7 Å². The Kier molecular flexibility index (Phi) is 5.86. The van der Waals surface area contributed by atoms with Gasteiger partial charge in [0, 0.05) is 18.3 Å². The molecule has 1 amide bonds. The number of carbonyl (C=O) groups is 1. The average Bonchev–Trinajstić information content (AvgIpc) is 2.50. The second-order valence-electron chi connectivity index (χ2n) is 5.03. The van der Waals surface area contributed by atoms with E-state index in [1.54, 1.807) is 24.3 Å². The van der Waals surface area contributed by atoms with Gasteiger partial charge in [-0.25, -0.2) is 0 Å². The van der Waals surface area contributed by atoms with Crippen LogP contribution in [0, 0.1) is 0 Å². The molecule has 25 heavy (non-hydrogen) atoms. The third-order valence-electron chi connectivity index (χ3n) is 3.01. The molecule has 2 rings (SSSR count). The maximum atomic E-state index is 12.8. The van der Waals surface area contributed by atoms with Crippen LogP contribution in [0.5, 0.6) is 0 Å². The lowest BCUT2D eigenvalue weighted by molar-refractivity contribution is -0.137. The largest absolute Gasteiger partial charge is 0.416 e. The highest BCUT2D eigenvalue weighted by molar-refractivity contribution is 7.80. The molecule has 9 heteroatoms. The topological polar surface area (TPSA) is 53.2 Å². The molecule has 0 aromatic heterocycles. The Morgan fingerprint density at radius 1 is 1.00 bits per heavy atom. The monoisotopic (exact) mass is 387 g/mol. The lowest BCUT2D eigenvalue weighted by Crippen LogP contribution is -2.19. The summed E-state index contributed by atoms with van der Waals surface area (Å²) in [5, 5.41) is 8.26. The van der Waals surface area contributed by atoms with Gasteiger partial charge in [-0.15, -0.1) is 0 Å². The van der Waals surface area contributed by atoms with E-state index in [4.69, 9.17) is 23.8 Å². The van der Waals surface area contributed by atoms with E-state index in [0.717, 1.165) is 18.2 Å². The summed E-state index contributed by atoms with van der Waals surface area (Å²) in [6.45, 7) is 1.39. The number of hydrogen-bond acceptors (Lipinski definition) is 2. The molecule has 0 atom stereocenters. The number of anilines is 3. The molecule has 0 spiro atoms. The first-order valence-corrected chi connectivity index (χ1v) is 7.76. The van der Waals surface area contributed by atoms with Gasteiger partial charge in [0.05, 0.1) is 16.3 Å². The molecule has 3 N–H and O–H groups in total. The highest BCUT2D eigenvalue weighted by atomic mass is 35.5. The SMILES string of the molecule is CC(=O)Nc1ccc(NC(=S)Nc2cc(C(F)(F)F)ccc2Cl)cc1. The van der Waals surface area contributed by atoms with Crippen LogP contribution in [-0.4, -0.2) is 11.0 Å². The van der Waals surface area contributed by atoms with Crippen LogP contribution in [0.2, 0.25) is 5.02 Å². The van der Waals surface area contributed by atoms with Crippen molar-refractivity contribution in [2.24, 2.45) is 0 Å². The number of halogens is 4. The van der Waals surface area contributed by atoms with Crippen LogP contribution >= 0.6 is 23.8 Å². The van der Waals surface area contributed by atoms with Crippen molar-refractivity contribution >= 4 is 51.9 Å². The highest BCUT2D eigenvalue weighted by Gasteiger charge is 2.31. The first-order chi connectivity index (χ1) is 11.6. The van der Waals surface area contributed by atoms with Gasteiger partial charge in [-0.2, -0.15) is 13.2 Å².